The number of hydrogen-bond donors (Lipinski definition) is 1. The average Bonchev–Trinajstić information content (AvgIpc) is 2.44. The van der Waals surface area contributed by atoms with Gasteiger partial charge in [-0.1, -0.05) is 19.3 Å². The molecule has 0 aromatic rings. The molecule has 1 N–H and O–H groups in total. The molecular formula is C16H30N2O. The molecule has 2 aliphatic heterocycles. The van der Waals surface area contributed by atoms with E-state index in [1.165, 1.54) is 51.5 Å². The number of rotatable bonds is 1. The van der Waals surface area contributed by atoms with Crippen LogP contribution in [0, 0.1) is 0 Å². The lowest BCUT2D eigenvalue weighted by Gasteiger charge is -2.56. The Morgan fingerprint density at radius 1 is 1.05 bits per heavy atom. The number of hydrogen-bond acceptors (Lipinski definition) is 3. The van der Waals surface area contributed by atoms with Crippen LogP contribution in [0.3, 0.4) is 0 Å². The highest BCUT2D eigenvalue weighted by molar-refractivity contribution is 5.03. The van der Waals surface area contributed by atoms with E-state index >= 15 is 0 Å². The molecule has 2 saturated heterocycles. The van der Waals surface area contributed by atoms with Crippen molar-refractivity contribution in [3.05, 3.63) is 0 Å². The molecule has 3 nitrogen and oxygen atoms in total. The Kier molecular flexibility index (Phi) is 3.89. The van der Waals surface area contributed by atoms with Crippen LogP contribution in [0.4, 0.5) is 0 Å². The molecule has 3 heteroatoms. The lowest BCUT2D eigenvalue weighted by Crippen LogP contribution is -2.69. The van der Waals surface area contributed by atoms with Crippen molar-refractivity contribution in [2.24, 2.45) is 0 Å². The zero-order valence-electron chi connectivity index (χ0n) is 12.7. The van der Waals surface area contributed by atoms with E-state index in [1.807, 2.05) is 0 Å². The van der Waals surface area contributed by atoms with Crippen molar-refractivity contribution in [1.29, 1.82) is 0 Å². The lowest BCUT2D eigenvalue weighted by atomic mass is 9.77. The molecule has 3 fully saturated rings. The van der Waals surface area contributed by atoms with Crippen molar-refractivity contribution >= 4 is 0 Å². The summed E-state index contributed by atoms with van der Waals surface area (Å²) >= 11 is 0. The van der Waals surface area contributed by atoms with Gasteiger partial charge in [0.15, 0.2) is 0 Å². The maximum absolute atomic E-state index is 5.59. The predicted molar refractivity (Wildman–Crippen MR) is 78.4 cm³/mol. The van der Waals surface area contributed by atoms with Gasteiger partial charge < -0.3 is 10.1 Å². The number of nitrogens with zero attached hydrogens (tertiary/aromatic N) is 1. The van der Waals surface area contributed by atoms with Gasteiger partial charge in [0.2, 0.25) is 0 Å². The first kappa shape index (κ1) is 13.8. The van der Waals surface area contributed by atoms with Crippen molar-refractivity contribution in [3.63, 3.8) is 0 Å². The standard InChI is InChI=1S/C16H30N2O/c1-14-12-17-16(6-4-3-5-7-16)13-18(14)15(2)8-10-19-11-9-15/h14,17H,3-13H2,1-2H3. The Hall–Kier alpha value is -0.120. The summed E-state index contributed by atoms with van der Waals surface area (Å²) in [5, 5.41) is 3.90. The first-order valence-electron chi connectivity index (χ1n) is 8.23. The third-order valence-corrected chi connectivity index (χ3v) is 5.85. The van der Waals surface area contributed by atoms with Crippen LogP contribution in [0.25, 0.3) is 0 Å². The van der Waals surface area contributed by atoms with Crippen LogP contribution in [0.2, 0.25) is 0 Å². The molecule has 110 valence electrons. The topological polar surface area (TPSA) is 24.5 Å². The van der Waals surface area contributed by atoms with E-state index in [0.29, 0.717) is 17.1 Å². The van der Waals surface area contributed by atoms with Crippen molar-refractivity contribution in [3.8, 4) is 0 Å². The van der Waals surface area contributed by atoms with Crippen LogP contribution >= 0.6 is 0 Å². The van der Waals surface area contributed by atoms with E-state index < -0.39 is 0 Å². The van der Waals surface area contributed by atoms with Crippen LogP contribution in [0.15, 0.2) is 0 Å². The van der Waals surface area contributed by atoms with Crippen LogP contribution in [0.1, 0.15) is 58.8 Å². The van der Waals surface area contributed by atoms with Crippen LogP contribution in [-0.2, 0) is 4.74 Å². The fourth-order valence-electron chi connectivity index (χ4n) is 4.40. The highest BCUT2D eigenvalue weighted by Gasteiger charge is 2.45. The minimum atomic E-state index is 0.365. The van der Waals surface area contributed by atoms with Gasteiger partial charge in [0.25, 0.3) is 0 Å². The van der Waals surface area contributed by atoms with Gasteiger partial charge in [0.1, 0.15) is 0 Å². The summed E-state index contributed by atoms with van der Waals surface area (Å²) in [5.41, 5.74) is 0.788. The maximum atomic E-state index is 5.59. The smallest absolute Gasteiger partial charge is 0.0483 e. The van der Waals surface area contributed by atoms with Crippen LogP contribution in [0.5, 0.6) is 0 Å². The van der Waals surface area contributed by atoms with E-state index in [1.54, 1.807) is 0 Å². The Balaban J connectivity index is 1.75. The number of piperazine rings is 1. The Morgan fingerprint density at radius 3 is 2.42 bits per heavy atom. The number of nitrogens with one attached hydrogen (secondary N) is 1. The minimum Gasteiger partial charge on any atom is -0.381 e. The average molecular weight is 266 g/mol. The van der Waals surface area contributed by atoms with Gasteiger partial charge in [-0.05, 0) is 39.5 Å². The Bertz CT molecular complexity index is 306. The zero-order valence-corrected chi connectivity index (χ0v) is 12.7. The largest absolute Gasteiger partial charge is 0.381 e. The maximum Gasteiger partial charge on any atom is 0.0483 e. The van der Waals surface area contributed by atoms with Gasteiger partial charge in [-0.25, -0.2) is 0 Å². The lowest BCUT2D eigenvalue weighted by molar-refractivity contribution is -0.0683. The molecule has 2 heterocycles. The summed E-state index contributed by atoms with van der Waals surface area (Å²) < 4.78 is 5.59. The monoisotopic (exact) mass is 266 g/mol. The predicted octanol–water partition coefficient (Wildman–Crippen LogP) is 2.55. The molecule has 1 atom stereocenters. The fraction of sp³-hybridized carbons (Fsp3) is 1.00. The Morgan fingerprint density at radius 2 is 1.74 bits per heavy atom. The summed E-state index contributed by atoms with van der Waals surface area (Å²) in [6, 6.07) is 0.663. The van der Waals surface area contributed by atoms with Gasteiger partial charge in [-0.3, -0.25) is 4.90 Å². The number of ether oxygens (including phenoxy) is 1. The molecular weight excluding hydrogens is 236 g/mol. The van der Waals surface area contributed by atoms with Crippen molar-refractivity contribution in [2.75, 3.05) is 26.3 Å². The molecule has 3 aliphatic rings. The molecule has 0 aromatic heterocycles. The van der Waals surface area contributed by atoms with E-state index in [4.69, 9.17) is 4.74 Å². The van der Waals surface area contributed by atoms with E-state index in [2.05, 4.69) is 24.1 Å². The molecule has 1 aliphatic carbocycles. The molecule has 0 radical (unpaired) electrons. The highest BCUT2D eigenvalue weighted by Crippen LogP contribution is 2.37. The summed E-state index contributed by atoms with van der Waals surface area (Å²) in [4.78, 5) is 2.82. The Labute approximate surface area is 118 Å². The van der Waals surface area contributed by atoms with E-state index in [-0.39, 0.29) is 0 Å². The molecule has 1 unspecified atom stereocenters. The van der Waals surface area contributed by atoms with Crippen molar-refractivity contribution in [2.45, 2.75) is 75.9 Å². The first-order chi connectivity index (χ1) is 9.14. The first-order valence-corrected chi connectivity index (χ1v) is 8.23. The SMILES string of the molecule is CC1CNC2(CCCCC2)CN1C1(C)CCOCC1. The third-order valence-electron chi connectivity index (χ3n) is 5.85. The van der Waals surface area contributed by atoms with E-state index in [9.17, 15) is 0 Å². The van der Waals surface area contributed by atoms with Gasteiger partial charge in [0, 0.05) is 43.4 Å². The van der Waals surface area contributed by atoms with Crippen LogP contribution < -0.4 is 5.32 Å². The fourth-order valence-corrected chi connectivity index (χ4v) is 4.40. The second-order valence-corrected chi connectivity index (χ2v) is 7.31. The third kappa shape index (κ3) is 2.70. The highest BCUT2D eigenvalue weighted by atomic mass is 16.5. The molecule has 0 aromatic carbocycles. The zero-order chi connectivity index (χ0) is 13.3. The van der Waals surface area contributed by atoms with Crippen LogP contribution in [-0.4, -0.2) is 48.3 Å². The molecule has 1 spiro atoms. The summed E-state index contributed by atoms with van der Waals surface area (Å²) in [6.45, 7) is 9.17. The van der Waals surface area contributed by atoms with E-state index in [0.717, 1.165) is 19.8 Å². The van der Waals surface area contributed by atoms with Crippen molar-refractivity contribution in [1.82, 2.24) is 10.2 Å². The second kappa shape index (κ2) is 5.34. The van der Waals surface area contributed by atoms with Gasteiger partial charge in [-0.15, -0.1) is 0 Å². The molecule has 3 rings (SSSR count). The van der Waals surface area contributed by atoms with Gasteiger partial charge in [-0.2, -0.15) is 0 Å². The van der Waals surface area contributed by atoms with Gasteiger partial charge in [0.05, 0.1) is 0 Å². The quantitative estimate of drug-likeness (QED) is 0.789. The summed E-state index contributed by atoms with van der Waals surface area (Å²) in [6.07, 6.45) is 9.42. The molecule has 0 amide bonds. The van der Waals surface area contributed by atoms with Crippen molar-refractivity contribution < 1.29 is 4.74 Å². The van der Waals surface area contributed by atoms with Gasteiger partial charge >= 0.3 is 0 Å². The molecule has 0 bridgehead atoms. The molecule has 1 saturated carbocycles. The minimum absolute atomic E-state index is 0.365. The normalized spacial score (nSPS) is 35.4. The summed E-state index contributed by atoms with van der Waals surface area (Å²) in [5.74, 6) is 0. The molecule has 19 heavy (non-hydrogen) atoms. The second-order valence-electron chi connectivity index (χ2n) is 7.31. The summed E-state index contributed by atoms with van der Waals surface area (Å²) in [7, 11) is 0.